The molecule has 0 bridgehead atoms. The summed E-state index contributed by atoms with van der Waals surface area (Å²) < 4.78 is 2.27. The molecule has 19 heavy (non-hydrogen) atoms. The summed E-state index contributed by atoms with van der Waals surface area (Å²) in [5, 5.41) is 3.71. The first kappa shape index (κ1) is 15.4. The van der Waals surface area contributed by atoms with Crippen molar-refractivity contribution in [3.63, 3.8) is 0 Å². The molecule has 2 rings (SSSR count). The van der Waals surface area contributed by atoms with Crippen molar-refractivity contribution >= 4 is 37.5 Å². The number of halogens is 2. The molecule has 3 heteroatoms. The highest BCUT2D eigenvalue weighted by molar-refractivity contribution is 9.11. The van der Waals surface area contributed by atoms with Crippen molar-refractivity contribution in [2.45, 2.75) is 57.9 Å². The molecule has 1 nitrogen and oxygen atoms in total. The average Bonchev–Trinajstić information content (AvgIpc) is 2.59. The van der Waals surface area contributed by atoms with Crippen LogP contribution >= 0.6 is 31.9 Å². The van der Waals surface area contributed by atoms with Gasteiger partial charge in [-0.3, -0.25) is 0 Å². The lowest BCUT2D eigenvalue weighted by Gasteiger charge is -2.19. The van der Waals surface area contributed by atoms with Crippen LogP contribution in [0.25, 0.3) is 0 Å². The SMILES string of the molecule is CCCC1CCCC(Nc2ccc(Br)cc2Br)CC1. The van der Waals surface area contributed by atoms with Crippen LogP contribution in [-0.2, 0) is 0 Å². The second-order valence-corrected chi connectivity index (χ2v) is 7.40. The number of rotatable bonds is 4. The van der Waals surface area contributed by atoms with E-state index in [0.717, 1.165) is 14.9 Å². The van der Waals surface area contributed by atoms with E-state index < -0.39 is 0 Å². The third-order valence-electron chi connectivity index (χ3n) is 4.08. The van der Waals surface area contributed by atoms with E-state index in [2.05, 4.69) is 62.3 Å². The summed E-state index contributed by atoms with van der Waals surface area (Å²) in [6, 6.07) is 7.00. The molecule has 1 fully saturated rings. The normalized spacial score (nSPS) is 23.9. The molecular weight excluding hydrogens is 366 g/mol. The second-order valence-electron chi connectivity index (χ2n) is 5.63. The van der Waals surface area contributed by atoms with Crippen LogP contribution in [0.1, 0.15) is 51.9 Å². The Bertz CT molecular complexity index is 406. The minimum absolute atomic E-state index is 0.638. The Hall–Kier alpha value is -0.0200. The number of benzene rings is 1. The zero-order chi connectivity index (χ0) is 13.7. The van der Waals surface area contributed by atoms with Gasteiger partial charge in [-0.1, -0.05) is 48.5 Å². The molecule has 2 atom stereocenters. The van der Waals surface area contributed by atoms with Crippen molar-refractivity contribution in [1.82, 2.24) is 0 Å². The third-order valence-corrected chi connectivity index (χ3v) is 5.23. The van der Waals surface area contributed by atoms with Crippen LogP contribution < -0.4 is 5.32 Å². The summed E-state index contributed by atoms with van der Waals surface area (Å²) in [4.78, 5) is 0. The van der Waals surface area contributed by atoms with Crippen LogP contribution in [0.3, 0.4) is 0 Å². The number of nitrogens with one attached hydrogen (secondary N) is 1. The maximum absolute atomic E-state index is 3.71. The molecular formula is C16H23Br2N. The monoisotopic (exact) mass is 387 g/mol. The lowest BCUT2D eigenvalue weighted by Crippen LogP contribution is -2.18. The molecule has 1 aliphatic rings. The summed E-state index contributed by atoms with van der Waals surface area (Å²) in [7, 11) is 0. The van der Waals surface area contributed by atoms with E-state index in [4.69, 9.17) is 0 Å². The molecule has 0 amide bonds. The zero-order valence-corrected chi connectivity index (χ0v) is 14.8. The maximum Gasteiger partial charge on any atom is 0.0487 e. The zero-order valence-electron chi connectivity index (χ0n) is 11.6. The van der Waals surface area contributed by atoms with Gasteiger partial charge in [-0.05, 0) is 59.3 Å². The summed E-state index contributed by atoms with van der Waals surface area (Å²) in [5.41, 5.74) is 1.22. The Balaban J connectivity index is 1.92. The molecule has 1 N–H and O–H groups in total. The van der Waals surface area contributed by atoms with Crippen LogP contribution in [0.5, 0.6) is 0 Å². The van der Waals surface area contributed by atoms with Crippen LogP contribution in [0.4, 0.5) is 5.69 Å². The van der Waals surface area contributed by atoms with E-state index in [1.54, 1.807) is 0 Å². The quantitative estimate of drug-likeness (QED) is 0.590. The minimum Gasteiger partial charge on any atom is -0.381 e. The van der Waals surface area contributed by atoms with E-state index in [1.165, 1.54) is 50.6 Å². The van der Waals surface area contributed by atoms with E-state index in [1.807, 2.05) is 0 Å². The van der Waals surface area contributed by atoms with E-state index >= 15 is 0 Å². The summed E-state index contributed by atoms with van der Waals surface area (Å²) in [6.07, 6.45) is 9.55. The van der Waals surface area contributed by atoms with Gasteiger partial charge in [0.05, 0.1) is 0 Å². The molecule has 0 saturated heterocycles. The minimum atomic E-state index is 0.638. The van der Waals surface area contributed by atoms with Gasteiger partial charge in [0.1, 0.15) is 0 Å². The first-order chi connectivity index (χ1) is 9.19. The smallest absolute Gasteiger partial charge is 0.0487 e. The fourth-order valence-electron chi connectivity index (χ4n) is 3.05. The van der Waals surface area contributed by atoms with E-state index in [0.29, 0.717) is 6.04 Å². The standard InChI is InChI=1S/C16H23Br2N/c1-2-4-12-5-3-6-14(9-7-12)19-16-10-8-13(17)11-15(16)18/h8,10-12,14,19H,2-7,9H2,1H3. The second kappa shape index (κ2) is 7.68. The van der Waals surface area contributed by atoms with Gasteiger partial charge in [-0.2, -0.15) is 0 Å². The van der Waals surface area contributed by atoms with Crippen molar-refractivity contribution < 1.29 is 0 Å². The number of hydrogen-bond donors (Lipinski definition) is 1. The van der Waals surface area contributed by atoms with Gasteiger partial charge in [0, 0.05) is 20.7 Å². The van der Waals surface area contributed by atoms with Crippen LogP contribution in [0.2, 0.25) is 0 Å². The molecule has 0 spiro atoms. The maximum atomic E-state index is 3.71. The molecule has 1 aliphatic carbocycles. The fourth-order valence-corrected chi connectivity index (χ4v) is 4.21. The van der Waals surface area contributed by atoms with Crippen LogP contribution in [-0.4, -0.2) is 6.04 Å². The fraction of sp³-hybridized carbons (Fsp3) is 0.625. The lowest BCUT2D eigenvalue weighted by molar-refractivity contribution is 0.422. The Morgan fingerprint density at radius 3 is 2.74 bits per heavy atom. The Morgan fingerprint density at radius 2 is 2.00 bits per heavy atom. The van der Waals surface area contributed by atoms with E-state index in [9.17, 15) is 0 Å². The largest absolute Gasteiger partial charge is 0.381 e. The van der Waals surface area contributed by atoms with Gasteiger partial charge in [0.15, 0.2) is 0 Å². The number of anilines is 1. The molecule has 106 valence electrons. The molecule has 2 unspecified atom stereocenters. The predicted molar refractivity (Wildman–Crippen MR) is 90.7 cm³/mol. The first-order valence-electron chi connectivity index (χ1n) is 7.40. The van der Waals surface area contributed by atoms with Gasteiger partial charge in [-0.25, -0.2) is 0 Å². The topological polar surface area (TPSA) is 12.0 Å². The molecule has 1 aromatic rings. The van der Waals surface area contributed by atoms with Crippen molar-refractivity contribution in [3.05, 3.63) is 27.1 Å². The summed E-state index contributed by atoms with van der Waals surface area (Å²) in [6.45, 7) is 2.31. The Kier molecular flexibility index (Phi) is 6.21. The highest BCUT2D eigenvalue weighted by Gasteiger charge is 2.18. The molecule has 0 aliphatic heterocycles. The first-order valence-corrected chi connectivity index (χ1v) is 8.99. The predicted octanol–water partition coefficient (Wildman–Crippen LogP) is 6.37. The van der Waals surface area contributed by atoms with Gasteiger partial charge in [0.25, 0.3) is 0 Å². The van der Waals surface area contributed by atoms with Crippen LogP contribution in [0, 0.1) is 5.92 Å². The number of hydrogen-bond acceptors (Lipinski definition) is 1. The molecule has 0 aromatic heterocycles. The average molecular weight is 389 g/mol. The molecule has 0 heterocycles. The molecule has 1 aromatic carbocycles. The molecule has 1 saturated carbocycles. The summed E-state index contributed by atoms with van der Waals surface area (Å²) >= 11 is 7.14. The van der Waals surface area contributed by atoms with Crippen molar-refractivity contribution in [2.24, 2.45) is 5.92 Å². The molecule has 0 radical (unpaired) electrons. The van der Waals surface area contributed by atoms with Gasteiger partial charge < -0.3 is 5.32 Å². The summed E-state index contributed by atoms with van der Waals surface area (Å²) in [5.74, 6) is 0.963. The Labute approximate surface area is 133 Å². The lowest BCUT2D eigenvalue weighted by atomic mass is 9.95. The van der Waals surface area contributed by atoms with Crippen molar-refractivity contribution in [2.75, 3.05) is 5.32 Å². The Morgan fingerprint density at radius 1 is 1.16 bits per heavy atom. The highest BCUT2D eigenvalue weighted by Crippen LogP contribution is 2.31. The van der Waals surface area contributed by atoms with Crippen molar-refractivity contribution in [3.8, 4) is 0 Å². The van der Waals surface area contributed by atoms with Gasteiger partial charge in [0.2, 0.25) is 0 Å². The third kappa shape index (κ3) is 4.78. The highest BCUT2D eigenvalue weighted by atomic mass is 79.9. The van der Waals surface area contributed by atoms with E-state index in [-0.39, 0.29) is 0 Å². The van der Waals surface area contributed by atoms with Gasteiger partial charge >= 0.3 is 0 Å². The van der Waals surface area contributed by atoms with Crippen LogP contribution in [0.15, 0.2) is 27.1 Å². The van der Waals surface area contributed by atoms with Gasteiger partial charge in [-0.15, -0.1) is 0 Å². The van der Waals surface area contributed by atoms with Crippen molar-refractivity contribution in [1.29, 1.82) is 0 Å².